The van der Waals surface area contributed by atoms with E-state index in [9.17, 15) is 5.11 Å². The number of hydrogen-bond donors (Lipinski definition) is 1. The van der Waals surface area contributed by atoms with E-state index in [4.69, 9.17) is 4.74 Å². The van der Waals surface area contributed by atoms with Crippen LogP contribution in [0.1, 0.15) is 30.9 Å². The van der Waals surface area contributed by atoms with Crippen molar-refractivity contribution in [1.82, 2.24) is 0 Å². The highest BCUT2D eigenvalue weighted by Gasteiger charge is 2.21. The monoisotopic (exact) mass is 347 g/mol. The predicted molar refractivity (Wildman–Crippen MR) is 102 cm³/mol. The number of rotatable bonds is 6. The van der Waals surface area contributed by atoms with E-state index < -0.39 is 6.10 Å². The summed E-state index contributed by atoms with van der Waals surface area (Å²) >= 11 is 0. The second kappa shape index (κ2) is 8.41. The molecule has 3 rings (SSSR count). The highest BCUT2D eigenvalue weighted by molar-refractivity contribution is 5.85. The van der Waals surface area contributed by atoms with E-state index in [0.29, 0.717) is 19.1 Å². The average Bonchev–Trinajstić information content (AvgIpc) is 2.96. The number of aliphatic hydroxyl groups excluding tert-OH is 1. The molecule has 0 aliphatic carbocycles. The first-order valence-electron chi connectivity index (χ1n) is 8.38. The molecule has 0 spiro atoms. The van der Waals surface area contributed by atoms with Crippen LogP contribution >= 0.6 is 12.4 Å². The lowest BCUT2D eigenvalue weighted by molar-refractivity contribution is 0.112. The van der Waals surface area contributed by atoms with Crippen molar-refractivity contribution in [2.75, 3.05) is 24.6 Å². The van der Waals surface area contributed by atoms with Gasteiger partial charge in [-0.25, -0.2) is 0 Å². The fourth-order valence-corrected chi connectivity index (χ4v) is 3.18. The molecular formula is C20H26ClNO2. The smallest absolute Gasteiger partial charge is 0.122 e. The molecule has 1 heterocycles. The Bertz CT molecular complexity index is 660. The van der Waals surface area contributed by atoms with Gasteiger partial charge in [0.1, 0.15) is 18.5 Å². The van der Waals surface area contributed by atoms with Crippen molar-refractivity contribution in [1.29, 1.82) is 0 Å². The van der Waals surface area contributed by atoms with Gasteiger partial charge in [-0.3, -0.25) is 0 Å². The number of fused-ring (bicyclic) bond motifs is 1. The fourth-order valence-electron chi connectivity index (χ4n) is 3.18. The van der Waals surface area contributed by atoms with Gasteiger partial charge in [0.2, 0.25) is 0 Å². The van der Waals surface area contributed by atoms with Crippen LogP contribution < -0.4 is 9.64 Å². The molecule has 2 aromatic rings. The quantitative estimate of drug-likeness (QED) is 0.856. The minimum absolute atomic E-state index is 0. The van der Waals surface area contributed by atoms with Gasteiger partial charge in [0, 0.05) is 18.8 Å². The zero-order valence-electron chi connectivity index (χ0n) is 14.3. The number of benzene rings is 2. The second-order valence-corrected chi connectivity index (χ2v) is 6.48. The molecule has 1 unspecified atom stereocenters. The van der Waals surface area contributed by atoms with Crippen molar-refractivity contribution >= 4 is 18.1 Å². The van der Waals surface area contributed by atoms with Crippen LogP contribution in [0.2, 0.25) is 0 Å². The molecule has 0 radical (unpaired) electrons. The van der Waals surface area contributed by atoms with Gasteiger partial charge in [0.15, 0.2) is 0 Å². The van der Waals surface area contributed by atoms with Gasteiger partial charge in [0.25, 0.3) is 0 Å². The Morgan fingerprint density at radius 3 is 2.58 bits per heavy atom. The molecular weight excluding hydrogens is 322 g/mol. The third kappa shape index (κ3) is 4.22. The summed E-state index contributed by atoms with van der Waals surface area (Å²) in [4.78, 5) is 2.25. The maximum absolute atomic E-state index is 10.4. The molecule has 1 aliphatic heterocycles. The Morgan fingerprint density at radius 2 is 1.79 bits per heavy atom. The van der Waals surface area contributed by atoms with Crippen LogP contribution in [0.5, 0.6) is 5.75 Å². The number of nitrogens with zero attached hydrogens (tertiary/aromatic N) is 1. The predicted octanol–water partition coefficient (Wildman–Crippen LogP) is 4.03. The SMILES string of the molecule is CC(C)c1ccccc1OCC(O)CN1CCc2ccccc21.Cl. The van der Waals surface area contributed by atoms with Gasteiger partial charge in [-0.05, 0) is 35.6 Å². The van der Waals surface area contributed by atoms with Crippen LogP contribution in [0.4, 0.5) is 5.69 Å². The molecule has 24 heavy (non-hydrogen) atoms. The van der Waals surface area contributed by atoms with Crippen LogP contribution in [0.3, 0.4) is 0 Å². The lowest BCUT2D eigenvalue weighted by Crippen LogP contribution is -2.34. The van der Waals surface area contributed by atoms with Crippen LogP contribution in [-0.4, -0.2) is 30.9 Å². The van der Waals surface area contributed by atoms with E-state index in [2.05, 4.69) is 49.1 Å². The molecule has 0 amide bonds. The number of halogens is 1. The van der Waals surface area contributed by atoms with Crippen LogP contribution in [-0.2, 0) is 6.42 Å². The zero-order valence-corrected chi connectivity index (χ0v) is 15.1. The molecule has 4 heteroatoms. The summed E-state index contributed by atoms with van der Waals surface area (Å²) in [5, 5.41) is 10.4. The van der Waals surface area contributed by atoms with Gasteiger partial charge in [-0.1, -0.05) is 50.2 Å². The van der Waals surface area contributed by atoms with E-state index in [0.717, 1.165) is 18.7 Å². The van der Waals surface area contributed by atoms with E-state index in [1.165, 1.54) is 16.8 Å². The highest BCUT2D eigenvalue weighted by Crippen LogP contribution is 2.28. The molecule has 0 bridgehead atoms. The van der Waals surface area contributed by atoms with Crippen molar-refractivity contribution in [3.63, 3.8) is 0 Å². The Morgan fingerprint density at radius 1 is 1.08 bits per heavy atom. The van der Waals surface area contributed by atoms with Crippen molar-refractivity contribution in [3.8, 4) is 5.75 Å². The Labute approximate surface area is 150 Å². The van der Waals surface area contributed by atoms with Gasteiger partial charge in [-0.2, -0.15) is 0 Å². The maximum atomic E-state index is 10.4. The molecule has 1 N–H and O–H groups in total. The van der Waals surface area contributed by atoms with E-state index in [1.807, 2.05) is 18.2 Å². The molecule has 0 fully saturated rings. The largest absolute Gasteiger partial charge is 0.491 e. The molecule has 2 aromatic carbocycles. The zero-order chi connectivity index (χ0) is 16.2. The van der Waals surface area contributed by atoms with Crippen LogP contribution in [0, 0.1) is 0 Å². The molecule has 3 nitrogen and oxygen atoms in total. The average molecular weight is 348 g/mol. The normalized spacial score (nSPS) is 14.2. The Balaban J connectivity index is 0.00000208. The first-order chi connectivity index (χ1) is 11.1. The third-order valence-corrected chi connectivity index (χ3v) is 4.39. The number of para-hydroxylation sites is 2. The molecule has 0 saturated heterocycles. The molecule has 1 aliphatic rings. The van der Waals surface area contributed by atoms with E-state index in [1.54, 1.807) is 0 Å². The summed E-state index contributed by atoms with van der Waals surface area (Å²) in [5.41, 5.74) is 3.80. The lowest BCUT2D eigenvalue weighted by atomic mass is 10.0. The highest BCUT2D eigenvalue weighted by atomic mass is 35.5. The number of hydrogen-bond acceptors (Lipinski definition) is 3. The lowest BCUT2D eigenvalue weighted by Gasteiger charge is -2.23. The standard InChI is InChI=1S/C20H25NO2.ClH/c1-15(2)18-8-4-6-10-20(18)23-14-17(22)13-21-12-11-16-7-3-5-9-19(16)21;/h3-10,15,17,22H,11-14H2,1-2H3;1H. The van der Waals surface area contributed by atoms with Crippen molar-refractivity contribution in [2.45, 2.75) is 32.3 Å². The first kappa shape index (κ1) is 18.6. The summed E-state index contributed by atoms with van der Waals surface area (Å²) in [6, 6.07) is 16.5. The Kier molecular flexibility index (Phi) is 6.52. The van der Waals surface area contributed by atoms with Crippen molar-refractivity contribution in [2.24, 2.45) is 0 Å². The van der Waals surface area contributed by atoms with Gasteiger partial charge < -0.3 is 14.7 Å². The molecule has 1 atom stereocenters. The van der Waals surface area contributed by atoms with Crippen molar-refractivity contribution < 1.29 is 9.84 Å². The maximum Gasteiger partial charge on any atom is 0.122 e. The topological polar surface area (TPSA) is 32.7 Å². The van der Waals surface area contributed by atoms with Gasteiger partial charge >= 0.3 is 0 Å². The minimum atomic E-state index is -0.499. The van der Waals surface area contributed by atoms with E-state index in [-0.39, 0.29) is 12.4 Å². The fraction of sp³-hybridized carbons (Fsp3) is 0.400. The Hall–Kier alpha value is -1.71. The summed E-state index contributed by atoms with van der Waals surface area (Å²) < 4.78 is 5.88. The third-order valence-electron chi connectivity index (χ3n) is 4.39. The van der Waals surface area contributed by atoms with Crippen LogP contribution in [0.15, 0.2) is 48.5 Å². The van der Waals surface area contributed by atoms with E-state index >= 15 is 0 Å². The molecule has 0 saturated carbocycles. The molecule has 0 aromatic heterocycles. The second-order valence-electron chi connectivity index (χ2n) is 6.48. The number of anilines is 1. The van der Waals surface area contributed by atoms with Crippen LogP contribution in [0.25, 0.3) is 0 Å². The number of ether oxygens (including phenoxy) is 1. The summed E-state index contributed by atoms with van der Waals surface area (Å²) in [5.74, 6) is 1.29. The number of β-amino-alcohol motifs (C(OH)–C–C–N with tert-alkyl or cyclic N) is 1. The van der Waals surface area contributed by atoms with Gasteiger partial charge in [-0.15, -0.1) is 12.4 Å². The summed E-state index contributed by atoms with van der Waals surface area (Å²) in [7, 11) is 0. The summed E-state index contributed by atoms with van der Waals surface area (Å²) in [6.45, 7) is 6.21. The summed E-state index contributed by atoms with van der Waals surface area (Å²) in [6.07, 6.45) is 0.557. The first-order valence-corrected chi connectivity index (χ1v) is 8.38. The molecule has 130 valence electrons. The number of aliphatic hydroxyl groups is 1. The van der Waals surface area contributed by atoms with Gasteiger partial charge in [0.05, 0.1) is 0 Å². The minimum Gasteiger partial charge on any atom is -0.491 e. The van der Waals surface area contributed by atoms with Crippen molar-refractivity contribution in [3.05, 3.63) is 59.7 Å².